The van der Waals surface area contributed by atoms with Crippen LogP contribution in [0, 0.1) is 16.0 Å². The first-order valence-electron chi connectivity index (χ1n) is 5.65. The maximum absolute atomic E-state index is 10.8. The smallest absolute Gasteiger partial charge is 0.311 e. The van der Waals surface area contributed by atoms with Gasteiger partial charge < -0.3 is 9.47 Å². The van der Waals surface area contributed by atoms with Crippen molar-refractivity contribution in [1.82, 2.24) is 0 Å². The summed E-state index contributed by atoms with van der Waals surface area (Å²) in [5, 5.41) is 10.8. The Balaban J connectivity index is 1.98. The van der Waals surface area contributed by atoms with Crippen molar-refractivity contribution < 1.29 is 19.2 Å². The highest BCUT2D eigenvalue weighted by Crippen LogP contribution is 2.30. The molecule has 0 spiro atoms. The average Bonchev–Trinajstić information content (AvgIpc) is 3.18. The second-order valence-electron chi connectivity index (χ2n) is 4.18. The molecule has 1 fully saturated rings. The number of nitrogens with zero attached hydrogens (tertiary/aromatic N) is 1. The van der Waals surface area contributed by atoms with Gasteiger partial charge in [0, 0.05) is 11.6 Å². The van der Waals surface area contributed by atoms with Gasteiger partial charge in [0.1, 0.15) is 6.29 Å². The Kier molecular flexibility index (Phi) is 3.88. The van der Waals surface area contributed by atoms with Gasteiger partial charge >= 0.3 is 5.69 Å². The molecule has 96 valence electrons. The number of rotatable bonds is 7. The van der Waals surface area contributed by atoms with E-state index in [1.165, 1.54) is 31.0 Å². The largest absolute Gasteiger partial charge is 0.460 e. The lowest BCUT2D eigenvalue weighted by Gasteiger charge is -2.07. The van der Waals surface area contributed by atoms with Crippen molar-refractivity contribution in [2.24, 2.45) is 5.92 Å². The van der Waals surface area contributed by atoms with Crippen LogP contribution in [0.2, 0.25) is 0 Å². The van der Waals surface area contributed by atoms with Crippen LogP contribution in [0.4, 0.5) is 5.69 Å². The Bertz CT molecular complexity index is 456. The van der Waals surface area contributed by atoms with Crippen LogP contribution < -0.4 is 4.74 Å². The Morgan fingerprint density at radius 2 is 2.22 bits per heavy atom. The molecule has 1 aliphatic carbocycles. The molecule has 0 bridgehead atoms. The van der Waals surface area contributed by atoms with Crippen LogP contribution in [0.3, 0.4) is 0 Å². The molecule has 6 nitrogen and oxygen atoms in total. The van der Waals surface area contributed by atoms with E-state index in [4.69, 9.17) is 9.47 Å². The fourth-order valence-corrected chi connectivity index (χ4v) is 1.47. The summed E-state index contributed by atoms with van der Waals surface area (Å²) in [6, 6.07) is 3.97. The van der Waals surface area contributed by atoms with Crippen molar-refractivity contribution >= 4 is 12.0 Å². The number of benzene rings is 1. The summed E-state index contributed by atoms with van der Waals surface area (Å²) >= 11 is 0. The van der Waals surface area contributed by atoms with Gasteiger partial charge in [-0.3, -0.25) is 14.9 Å². The summed E-state index contributed by atoms with van der Waals surface area (Å²) in [5.41, 5.74) is 0.161. The number of carbonyl (C=O) groups is 1. The molecule has 1 aromatic carbocycles. The van der Waals surface area contributed by atoms with E-state index in [0.29, 0.717) is 24.4 Å². The van der Waals surface area contributed by atoms with Gasteiger partial charge in [0.05, 0.1) is 11.5 Å². The minimum absolute atomic E-state index is 0.0420. The van der Waals surface area contributed by atoms with Crippen molar-refractivity contribution in [2.75, 3.05) is 13.4 Å². The fraction of sp³-hybridized carbons (Fsp3) is 0.417. The van der Waals surface area contributed by atoms with Crippen molar-refractivity contribution in [2.45, 2.75) is 12.8 Å². The summed E-state index contributed by atoms with van der Waals surface area (Å²) in [6.07, 6.45) is 2.95. The second kappa shape index (κ2) is 5.59. The van der Waals surface area contributed by atoms with E-state index in [0.717, 1.165) is 0 Å². The molecule has 0 saturated heterocycles. The Labute approximate surface area is 104 Å². The van der Waals surface area contributed by atoms with Crippen LogP contribution in [0.5, 0.6) is 5.75 Å². The lowest BCUT2D eigenvalue weighted by atomic mass is 10.2. The third kappa shape index (κ3) is 3.27. The molecule has 1 saturated carbocycles. The summed E-state index contributed by atoms with van der Waals surface area (Å²) in [5.74, 6) is 0.658. The van der Waals surface area contributed by atoms with Crippen molar-refractivity contribution in [3.8, 4) is 5.75 Å². The van der Waals surface area contributed by atoms with Gasteiger partial charge in [-0.25, -0.2) is 0 Å². The molecule has 0 amide bonds. The highest BCUT2D eigenvalue weighted by Gasteiger charge is 2.21. The van der Waals surface area contributed by atoms with Gasteiger partial charge in [0.2, 0.25) is 5.75 Å². The summed E-state index contributed by atoms with van der Waals surface area (Å²) in [4.78, 5) is 20.8. The zero-order valence-electron chi connectivity index (χ0n) is 9.70. The quantitative estimate of drug-likeness (QED) is 0.244. The van der Waals surface area contributed by atoms with Gasteiger partial charge in [0.15, 0.2) is 6.79 Å². The van der Waals surface area contributed by atoms with Crippen LogP contribution in [0.25, 0.3) is 0 Å². The first-order chi connectivity index (χ1) is 8.70. The molecular formula is C12H13NO5. The molecule has 0 heterocycles. The van der Waals surface area contributed by atoms with Gasteiger partial charge in [-0.05, 0) is 30.9 Å². The number of ether oxygens (including phenoxy) is 2. The Hall–Kier alpha value is -1.95. The third-order valence-corrected chi connectivity index (χ3v) is 2.66. The number of nitro benzene ring substituents is 1. The maximum atomic E-state index is 10.8. The van der Waals surface area contributed by atoms with Crippen molar-refractivity contribution in [1.29, 1.82) is 0 Å². The van der Waals surface area contributed by atoms with Gasteiger partial charge in [0.25, 0.3) is 0 Å². The molecule has 0 aliphatic heterocycles. The third-order valence-electron chi connectivity index (χ3n) is 2.66. The number of hydrogen-bond acceptors (Lipinski definition) is 5. The summed E-state index contributed by atoms with van der Waals surface area (Å²) in [7, 11) is 0. The summed E-state index contributed by atoms with van der Waals surface area (Å²) < 4.78 is 10.4. The molecule has 1 aromatic rings. The maximum Gasteiger partial charge on any atom is 0.311 e. The number of nitro groups is 1. The van der Waals surface area contributed by atoms with E-state index in [1.807, 2.05) is 0 Å². The average molecular weight is 251 g/mol. The normalized spacial score (nSPS) is 14.2. The highest BCUT2D eigenvalue weighted by atomic mass is 16.7. The van der Waals surface area contributed by atoms with E-state index in [2.05, 4.69) is 0 Å². The van der Waals surface area contributed by atoms with Crippen LogP contribution in [0.15, 0.2) is 18.2 Å². The van der Waals surface area contributed by atoms with Gasteiger partial charge in [-0.1, -0.05) is 0 Å². The molecule has 18 heavy (non-hydrogen) atoms. The first kappa shape index (κ1) is 12.5. The van der Waals surface area contributed by atoms with Crippen LogP contribution in [-0.2, 0) is 4.74 Å². The topological polar surface area (TPSA) is 78.7 Å². The fourth-order valence-electron chi connectivity index (χ4n) is 1.47. The zero-order chi connectivity index (χ0) is 13.0. The van der Waals surface area contributed by atoms with E-state index in [-0.39, 0.29) is 18.2 Å². The molecule has 1 aliphatic rings. The zero-order valence-corrected chi connectivity index (χ0v) is 9.70. The Morgan fingerprint density at radius 3 is 2.83 bits per heavy atom. The first-order valence-corrected chi connectivity index (χ1v) is 5.65. The number of carbonyl (C=O) groups excluding carboxylic acids is 1. The standard InChI is InChI=1S/C12H13NO5/c14-6-10-3-4-11(13(15)16)12(5-10)18-8-17-7-9-1-2-9/h3-6,9H,1-2,7-8H2. The molecule has 0 unspecified atom stereocenters. The number of hydrogen-bond donors (Lipinski definition) is 0. The van der Waals surface area contributed by atoms with Gasteiger partial charge in [-0.2, -0.15) is 0 Å². The van der Waals surface area contributed by atoms with E-state index in [1.54, 1.807) is 0 Å². The lowest BCUT2D eigenvalue weighted by molar-refractivity contribution is -0.386. The van der Waals surface area contributed by atoms with E-state index in [9.17, 15) is 14.9 Å². The molecule has 2 rings (SSSR count). The predicted octanol–water partition coefficient (Wildman–Crippen LogP) is 2.17. The predicted molar refractivity (Wildman–Crippen MR) is 62.7 cm³/mol. The molecule has 0 radical (unpaired) electrons. The summed E-state index contributed by atoms with van der Waals surface area (Å²) in [6.45, 7) is 0.570. The van der Waals surface area contributed by atoms with Crippen molar-refractivity contribution in [3.63, 3.8) is 0 Å². The monoisotopic (exact) mass is 251 g/mol. The lowest BCUT2D eigenvalue weighted by Crippen LogP contribution is -2.06. The van der Waals surface area contributed by atoms with Crippen LogP contribution >= 0.6 is 0 Å². The molecule has 6 heteroatoms. The Morgan fingerprint density at radius 1 is 1.44 bits per heavy atom. The SMILES string of the molecule is O=Cc1ccc([N+](=O)[O-])c(OCOCC2CC2)c1. The molecule has 0 aromatic heterocycles. The second-order valence-corrected chi connectivity index (χ2v) is 4.18. The molecule has 0 atom stereocenters. The minimum atomic E-state index is -0.551. The minimum Gasteiger partial charge on any atom is -0.460 e. The van der Waals surface area contributed by atoms with Crippen LogP contribution in [0.1, 0.15) is 23.2 Å². The van der Waals surface area contributed by atoms with Crippen molar-refractivity contribution in [3.05, 3.63) is 33.9 Å². The van der Waals surface area contributed by atoms with Crippen LogP contribution in [-0.4, -0.2) is 24.6 Å². The molecular weight excluding hydrogens is 238 g/mol. The number of aldehydes is 1. The van der Waals surface area contributed by atoms with E-state index < -0.39 is 4.92 Å². The van der Waals surface area contributed by atoms with Gasteiger partial charge in [-0.15, -0.1) is 0 Å². The van der Waals surface area contributed by atoms with E-state index >= 15 is 0 Å². The molecule has 0 N–H and O–H groups in total. The highest BCUT2D eigenvalue weighted by molar-refractivity contribution is 5.76.